The standard InChI is InChI=1S/C54H38N2O2/c1-31-49(33(3)57-55-31)53-43-22-12-10-20-41(43)51(36-16-6-5-7-17-36)47-29-37(25-27-45(47)53)38-26-28-46-48(30-38)52(40-24-14-18-35-15-8-9-19-39(35)40)42-21-11-13-23-44(42)54(46)50-32(2)56-58-34(50)4/h5-30H,1-4H3. The summed E-state index contributed by atoms with van der Waals surface area (Å²) in [7, 11) is 0. The molecule has 0 spiro atoms. The fourth-order valence-electron chi connectivity index (χ4n) is 9.58. The van der Waals surface area contributed by atoms with E-state index < -0.39 is 0 Å². The highest BCUT2D eigenvalue weighted by Crippen LogP contribution is 2.49. The van der Waals surface area contributed by atoms with Crippen LogP contribution in [0.25, 0.3) is 109 Å². The van der Waals surface area contributed by atoms with Gasteiger partial charge in [0.1, 0.15) is 11.5 Å². The minimum atomic E-state index is 0.815. The molecule has 11 rings (SSSR count). The molecule has 4 heteroatoms. The molecule has 0 saturated heterocycles. The molecule has 0 saturated carbocycles. The number of benzene rings is 9. The molecule has 2 aromatic heterocycles. The third kappa shape index (κ3) is 5.08. The molecule has 4 nitrogen and oxygen atoms in total. The van der Waals surface area contributed by atoms with E-state index in [-0.39, 0.29) is 0 Å². The van der Waals surface area contributed by atoms with Gasteiger partial charge in [0.15, 0.2) is 0 Å². The second-order valence-electron chi connectivity index (χ2n) is 15.4. The quantitative estimate of drug-likeness (QED) is 0.165. The number of aromatic nitrogens is 2. The van der Waals surface area contributed by atoms with Crippen molar-refractivity contribution in [1.29, 1.82) is 0 Å². The summed E-state index contributed by atoms with van der Waals surface area (Å²) >= 11 is 0. The van der Waals surface area contributed by atoms with E-state index in [4.69, 9.17) is 9.05 Å². The second-order valence-corrected chi connectivity index (χ2v) is 15.4. The summed E-state index contributed by atoms with van der Waals surface area (Å²) in [4.78, 5) is 0. The van der Waals surface area contributed by atoms with E-state index >= 15 is 0 Å². The van der Waals surface area contributed by atoms with Gasteiger partial charge in [0.05, 0.1) is 11.4 Å². The second kappa shape index (κ2) is 13.1. The van der Waals surface area contributed by atoms with Gasteiger partial charge in [-0.15, -0.1) is 0 Å². The van der Waals surface area contributed by atoms with Gasteiger partial charge in [-0.1, -0.05) is 156 Å². The van der Waals surface area contributed by atoms with Crippen molar-refractivity contribution in [3.05, 3.63) is 181 Å². The van der Waals surface area contributed by atoms with Crippen LogP contribution in [0, 0.1) is 27.7 Å². The van der Waals surface area contributed by atoms with Gasteiger partial charge < -0.3 is 9.05 Å². The first-order valence-electron chi connectivity index (χ1n) is 19.8. The number of rotatable bonds is 5. The zero-order valence-corrected chi connectivity index (χ0v) is 32.7. The average molecular weight is 747 g/mol. The Kier molecular flexibility index (Phi) is 7.70. The molecule has 0 radical (unpaired) electrons. The molecule has 58 heavy (non-hydrogen) atoms. The fourth-order valence-corrected chi connectivity index (χ4v) is 9.58. The number of hydrogen-bond donors (Lipinski definition) is 0. The Labute approximate surface area is 336 Å². The van der Waals surface area contributed by atoms with Crippen LogP contribution in [-0.4, -0.2) is 10.3 Å². The maximum absolute atomic E-state index is 5.82. The van der Waals surface area contributed by atoms with Crippen LogP contribution in [0.2, 0.25) is 0 Å². The van der Waals surface area contributed by atoms with E-state index in [1.165, 1.54) is 70.7 Å². The maximum atomic E-state index is 5.82. The van der Waals surface area contributed by atoms with E-state index in [9.17, 15) is 0 Å². The van der Waals surface area contributed by atoms with Crippen molar-refractivity contribution in [2.24, 2.45) is 0 Å². The predicted octanol–water partition coefficient (Wildman–Crippen LogP) is 15.0. The van der Waals surface area contributed by atoms with Gasteiger partial charge in [0.2, 0.25) is 0 Å². The minimum absolute atomic E-state index is 0.815. The Bertz CT molecular complexity index is 3400. The lowest BCUT2D eigenvalue weighted by Crippen LogP contribution is -1.94. The molecule has 0 atom stereocenters. The third-order valence-electron chi connectivity index (χ3n) is 12.1. The maximum Gasteiger partial charge on any atom is 0.141 e. The van der Waals surface area contributed by atoms with Gasteiger partial charge >= 0.3 is 0 Å². The Balaban J connectivity index is 1.26. The summed E-state index contributed by atoms with van der Waals surface area (Å²) in [6.07, 6.45) is 0. The van der Waals surface area contributed by atoms with Crippen molar-refractivity contribution in [2.45, 2.75) is 27.7 Å². The Morgan fingerprint density at radius 3 is 1.28 bits per heavy atom. The summed E-state index contributed by atoms with van der Waals surface area (Å²) < 4.78 is 11.6. The Morgan fingerprint density at radius 1 is 0.310 bits per heavy atom. The number of nitrogens with zero attached hydrogens (tertiary/aromatic N) is 2. The zero-order valence-electron chi connectivity index (χ0n) is 32.7. The fraction of sp³-hybridized carbons (Fsp3) is 0.0741. The Morgan fingerprint density at radius 2 is 0.741 bits per heavy atom. The van der Waals surface area contributed by atoms with Gasteiger partial charge in [-0.3, -0.25) is 0 Å². The normalized spacial score (nSPS) is 11.8. The number of aryl methyl sites for hydroxylation is 4. The molecule has 0 amide bonds. The van der Waals surface area contributed by atoms with Gasteiger partial charge in [-0.05, 0) is 127 Å². The van der Waals surface area contributed by atoms with Crippen LogP contribution in [-0.2, 0) is 0 Å². The molecule has 0 fully saturated rings. The summed E-state index contributed by atoms with van der Waals surface area (Å²) in [5.41, 5.74) is 13.3. The lowest BCUT2D eigenvalue weighted by molar-refractivity contribution is 0.393. The molecule has 0 aliphatic rings. The van der Waals surface area contributed by atoms with Gasteiger partial charge in [-0.25, -0.2) is 0 Å². The minimum Gasteiger partial charge on any atom is -0.361 e. The lowest BCUT2D eigenvalue weighted by Gasteiger charge is -2.20. The van der Waals surface area contributed by atoms with E-state index in [1.807, 2.05) is 27.7 Å². The molecule has 0 N–H and O–H groups in total. The van der Waals surface area contributed by atoms with E-state index in [0.717, 1.165) is 61.7 Å². The number of hydrogen-bond acceptors (Lipinski definition) is 4. The smallest absolute Gasteiger partial charge is 0.141 e. The first-order valence-corrected chi connectivity index (χ1v) is 19.8. The van der Waals surface area contributed by atoms with Crippen LogP contribution < -0.4 is 0 Å². The largest absolute Gasteiger partial charge is 0.361 e. The van der Waals surface area contributed by atoms with Crippen molar-refractivity contribution in [3.8, 4) is 55.6 Å². The topological polar surface area (TPSA) is 52.1 Å². The lowest BCUT2D eigenvalue weighted by atomic mass is 9.82. The first-order chi connectivity index (χ1) is 28.5. The summed E-state index contributed by atoms with van der Waals surface area (Å²) in [5, 5.41) is 20.7. The Hall–Kier alpha value is -7.30. The molecular formula is C54H38N2O2. The predicted molar refractivity (Wildman–Crippen MR) is 240 cm³/mol. The molecule has 9 aromatic carbocycles. The van der Waals surface area contributed by atoms with Gasteiger partial charge in [0.25, 0.3) is 0 Å². The van der Waals surface area contributed by atoms with Gasteiger partial charge in [-0.2, -0.15) is 0 Å². The summed E-state index contributed by atoms with van der Waals surface area (Å²) in [6, 6.07) is 57.6. The highest BCUT2D eigenvalue weighted by Gasteiger charge is 2.24. The third-order valence-corrected chi connectivity index (χ3v) is 12.1. The van der Waals surface area contributed by atoms with Crippen molar-refractivity contribution in [3.63, 3.8) is 0 Å². The molecule has 0 unspecified atom stereocenters. The molecule has 0 aliphatic heterocycles. The molecule has 276 valence electrons. The molecule has 0 bridgehead atoms. The van der Waals surface area contributed by atoms with E-state index in [2.05, 4.69) is 168 Å². The molecule has 0 aliphatic carbocycles. The number of fused-ring (bicyclic) bond motifs is 5. The molecule has 11 aromatic rings. The average Bonchev–Trinajstić information content (AvgIpc) is 3.78. The van der Waals surface area contributed by atoms with Crippen molar-refractivity contribution < 1.29 is 9.05 Å². The van der Waals surface area contributed by atoms with Crippen LogP contribution in [0.5, 0.6) is 0 Å². The van der Waals surface area contributed by atoms with Crippen LogP contribution >= 0.6 is 0 Å². The summed E-state index contributed by atoms with van der Waals surface area (Å²) in [6.45, 7) is 8.11. The van der Waals surface area contributed by atoms with Crippen molar-refractivity contribution in [1.82, 2.24) is 10.3 Å². The molecular weight excluding hydrogens is 709 g/mol. The van der Waals surface area contributed by atoms with Crippen molar-refractivity contribution in [2.75, 3.05) is 0 Å². The highest BCUT2D eigenvalue weighted by atomic mass is 16.5. The van der Waals surface area contributed by atoms with Crippen LogP contribution in [0.15, 0.2) is 167 Å². The van der Waals surface area contributed by atoms with E-state index in [0.29, 0.717) is 0 Å². The van der Waals surface area contributed by atoms with Crippen LogP contribution in [0.1, 0.15) is 22.9 Å². The first kappa shape index (κ1) is 34.0. The SMILES string of the molecule is Cc1noc(C)c1-c1c2ccccc2c(-c2ccccc2)c2cc(-c3ccc4c(-c5c(C)noc5C)c5ccccc5c(-c5cccc6ccccc56)c4c3)ccc12. The zero-order chi connectivity index (χ0) is 39.1. The molecule has 2 heterocycles. The van der Waals surface area contributed by atoms with Gasteiger partial charge in [0, 0.05) is 22.3 Å². The van der Waals surface area contributed by atoms with Crippen LogP contribution in [0.4, 0.5) is 0 Å². The van der Waals surface area contributed by atoms with Crippen molar-refractivity contribution >= 4 is 53.9 Å². The van der Waals surface area contributed by atoms with Crippen LogP contribution in [0.3, 0.4) is 0 Å². The summed E-state index contributed by atoms with van der Waals surface area (Å²) in [5.74, 6) is 1.63. The monoisotopic (exact) mass is 746 g/mol. The highest BCUT2D eigenvalue weighted by molar-refractivity contribution is 6.25. The van der Waals surface area contributed by atoms with E-state index in [1.54, 1.807) is 0 Å².